The highest BCUT2D eigenvalue weighted by Gasteiger charge is 2.13. The smallest absolute Gasteiger partial charge is 0.255 e. The minimum Gasteiger partial charge on any atom is -0.338 e. The number of carbonyl (C=O) groups excluding carboxylic acids is 1. The monoisotopic (exact) mass is 331 g/mol. The van der Waals surface area contributed by atoms with Gasteiger partial charge in [-0.1, -0.05) is 22.0 Å². The standard InChI is InChI=1S/C11H11Br2NO/c1-3-6-14(2)11(15)9-7-8(12)4-5-10(9)13/h3-5,7H,1,6H2,2H3. The normalized spacial score (nSPS) is 9.80. The van der Waals surface area contributed by atoms with Crippen molar-refractivity contribution in [3.05, 3.63) is 45.4 Å². The Bertz CT molecular complexity index is 390. The van der Waals surface area contributed by atoms with E-state index in [1.165, 1.54) is 0 Å². The maximum Gasteiger partial charge on any atom is 0.255 e. The molecule has 0 heterocycles. The van der Waals surface area contributed by atoms with Crippen LogP contribution in [0.4, 0.5) is 0 Å². The molecule has 1 aromatic rings. The summed E-state index contributed by atoms with van der Waals surface area (Å²) in [4.78, 5) is 13.5. The van der Waals surface area contributed by atoms with Crippen LogP contribution in [0, 0.1) is 0 Å². The Morgan fingerprint density at radius 3 is 2.80 bits per heavy atom. The van der Waals surface area contributed by atoms with Crippen LogP contribution in [0.15, 0.2) is 39.8 Å². The quantitative estimate of drug-likeness (QED) is 0.776. The van der Waals surface area contributed by atoms with E-state index in [1.807, 2.05) is 12.1 Å². The molecule has 0 saturated heterocycles. The number of amides is 1. The topological polar surface area (TPSA) is 20.3 Å². The molecule has 0 unspecified atom stereocenters. The molecule has 0 radical (unpaired) electrons. The second-order valence-electron chi connectivity index (χ2n) is 3.10. The molecule has 0 saturated carbocycles. The van der Waals surface area contributed by atoms with Gasteiger partial charge in [-0.05, 0) is 34.1 Å². The van der Waals surface area contributed by atoms with Crippen LogP contribution in [0.3, 0.4) is 0 Å². The molecule has 4 heteroatoms. The lowest BCUT2D eigenvalue weighted by molar-refractivity contribution is 0.0809. The predicted octanol–water partition coefficient (Wildman–Crippen LogP) is 3.47. The van der Waals surface area contributed by atoms with Gasteiger partial charge in [0.25, 0.3) is 5.91 Å². The Labute approximate surface area is 106 Å². The minimum atomic E-state index is -0.0249. The number of benzene rings is 1. The van der Waals surface area contributed by atoms with Crippen LogP contribution in [-0.2, 0) is 0 Å². The molecule has 1 aromatic carbocycles. The third-order valence-electron chi connectivity index (χ3n) is 1.91. The van der Waals surface area contributed by atoms with Crippen LogP contribution in [0.5, 0.6) is 0 Å². The number of likely N-dealkylation sites (N-methyl/N-ethyl adjacent to an activating group) is 1. The number of carbonyl (C=O) groups is 1. The third-order valence-corrected chi connectivity index (χ3v) is 3.09. The van der Waals surface area contributed by atoms with Crippen molar-refractivity contribution in [3.63, 3.8) is 0 Å². The molecule has 1 rings (SSSR count). The second-order valence-corrected chi connectivity index (χ2v) is 4.87. The molecule has 0 atom stereocenters. The first-order valence-corrected chi connectivity index (χ1v) is 5.96. The van der Waals surface area contributed by atoms with E-state index in [1.54, 1.807) is 24.1 Å². The van der Waals surface area contributed by atoms with Crippen molar-refractivity contribution >= 4 is 37.8 Å². The summed E-state index contributed by atoms with van der Waals surface area (Å²) in [5.41, 5.74) is 0.647. The number of hydrogen-bond donors (Lipinski definition) is 0. The number of rotatable bonds is 3. The predicted molar refractivity (Wildman–Crippen MR) is 69.0 cm³/mol. The molecule has 0 aliphatic carbocycles. The summed E-state index contributed by atoms with van der Waals surface area (Å²) < 4.78 is 1.69. The Morgan fingerprint density at radius 2 is 2.20 bits per heavy atom. The number of halogens is 2. The first-order chi connectivity index (χ1) is 7.06. The van der Waals surface area contributed by atoms with Crippen LogP contribution in [0.1, 0.15) is 10.4 Å². The van der Waals surface area contributed by atoms with Gasteiger partial charge in [-0.15, -0.1) is 6.58 Å². The number of nitrogens with zero attached hydrogens (tertiary/aromatic N) is 1. The van der Waals surface area contributed by atoms with Crippen molar-refractivity contribution in [2.75, 3.05) is 13.6 Å². The van der Waals surface area contributed by atoms with E-state index in [0.717, 1.165) is 8.95 Å². The van der Waals surface area contributed by atoms with Crippen molar-refractivity contribution in [1.29, 1.82) is 0 Å². The second kappa shape index (κ2) is 5.47. The van der Waals surface area contributed by atoms with Crippen molar-refractivity contribution in [1.82, 2.24) is 4.90 Å². The SMILES string of the molecule is C=CCN(C)C(=O)c1cc(Br)ccc1Br. The van der Waals surface area contributed by atoms with E-state index in [-0.39, 0.29) is 5.91 Å². The highest BCUT2D eigenvalue weighted by atomic mass is 79.9. The summed E-state index contributed by atoms with van der Waals surface area (Å²) in [6, 6.07) is 5.53. The highest BCUT2D eigenvalue weighted by Crippen LogP contribution is 2.22. The summed E-state index contributed by atoms with van der Waals surface area (Å²) >= 11 is 6.70. The fraction of sp³-hybridized carbons (Fsp3) is 0.182. The zero-order valence-corrected chi connectivity index (χ0v) is 11.5. The largest absolute Gasteiger partial charge is 0.338 e. The minimum absolute atomic E-state index is 0.0249. The maximum atomic E-state index is 11.9. The fourth-order valence-electron chi connectivity index (χ4n) is 1.14. The lowest BCUT2D eigenvalue weighted by Gasteiger charge is -2.15. The zero-order valence-electron chi connectivity index (χ0n) is 8.34. The van der Waals surface area contributed by atoms with E-state index in [9.17, 15) is 4.79 Å². The van der Waals surface area contributed by atoms with Crippen LogP contribution in [0.2, 0.25) is 0 Å². The lowest BCUT2D eigenvalue weighted by Crippen LogP contribution is -2.26. The molecule has 0 N–H and O–H groups in total. The van der Waals surface area contributed by atoms with Gasteiger partial charge < -0.3 is 4.90 Å². The molecule has 0 aliphatic rings. The van der Waals surface area contributed by atoms with Gasteiger partial charge in [-0.25, -0.2) is 0 Å². The molecule has 0 aromatic heterocycles. The molecule has 0 aliphatic heterocycles. The van der Waals surface area contributed by atoms with Crippen molar-refractivity contribution in [2.24, 2.45) is 0 Å². The van der Waals surface area contributed by atoms with Gasteiger partial charge in [0.05, 0.1) is 5.56 Å². The van der Waals surface area contributed by atoms with E-state index in [2.05, 4.69) is 38.4 Å². The summed E-state index contributed by atoms with van der Waals surface area (Å²) in [6.45, 7) is 4.14. The Kier molecular flexibility index (Phi) is 4.54. The maximum absolute atomic E-state index is 11.9. The molecule has 15 heavy (non-hydrogen) atoms. The number of hydrogen-bond acceptors (Lipinski definition) is 1. The van der Waals surface area contributed by atoms with E-state index in [4.69, 9.17) is 0 Å². The lowest BCUT2D eigenvalue weighted by atomic mass is 10.2. The first-order valence-electron chi connectivity index (χ1n) is 4.37. The van der Waals surface area contributed by atoms with Crippen LogP contribution < -0.4 is 0 Å². The van der Waals surface area contributed by atoms with Gasteiger partial charge in [-0.3, -0.25) is 4.79 Å². The van der Waals surface area contributed by atoms with Crippen molar-refractivity contribution in [2.45, 2.75) is 0 Å². The molecule has 1 amide bonds. The third kappa shape index (κ3) is 3.18. The van der Waals surface area contributed by atoms with Crippen LogP contribution in [0.25, 0.3) is 0 Å². The van der Waals surface area contributed by atoms with Crippen molar-refractivity contribution < 1.29 is 4.79 Å². The molecular formula is C11H11Br2NO. The zero-order chi connectivity index (χ0) is 11.4. The molecule has 0 spiro atoms. The van der Waals surface area contributed by atoms with Gasteiger partial charge in [-0.2, -0.15) is 0 Å². The average Bonchev–Trinajstić information content (AvgIpc) is 2.21. The summed E-state index contributed by atoms with van der Waals surface area (Å²) in [7, 11) is 1.75. The Hall–Kier alpha value is -0.610. The molecule has 0 bridgehead atoms. The molecule has 0 fully saturated rings. The molecular weight excluding hydrogens is 322 g/mol. The van der Waals surface area contributed by atoms with Crippen LogP contribution >= 0.6 is 31.9 Å². The summed E-state index contributed by atoms with van der Waals surface area (Å²) in [6.07, 6.45) is 1.70. The first kappa shape index (κ1) is 12.5. The Balaban J connectivity index is 2.99. The molecule has 2 nitrogen and oxygen atoms in total. The van der Waals surface area contributed by atoms with Gasteiger partial charge in [0.15, 0.2) is 0 Å². The van der Waals surface area contributed by atoms with Crippen LogP contribution in [-0.4, -0.2) is 24.4 Å². The highest BCUT2D eigenvalue weighted by molar-refractivity contribution is 9.11. The van der Waals surface area contributed by atoms with E-state index in [0.29, 0.717) is 12.1 Å². The van der Waals surface area contributed by atoms with Gasteiger partial charge in [0.2, 0.25) is 0 Å². The van der Waals surface area contributed by atoms with E-state index < -0.39 is 0 Å². The fourth-order valence-corrected chi connectivity index (χ4v) is 1.92. The average molecular weight is 333 g/mol. The van der Waals surface area contributed by atoms with Gasteiger partial charge >= 0.3 is 0 Å². The Morgan fingerprint density at radius 1 is 1.53 bits per heavy atom. The van der Waals surface area contributed by atoms with Gasteiger partial charge in [0.1, 0.15) is 0 Å². The van der Waals surface area contributed by atoms with E-state index >= 15 is 0 Å². The summed E-state index contributed by atoms with van der Waals surface area (Å²) in [5.74, 6) is -0.0249. The van der Waals surface area contributed by atoms with Crippen molar-refractivity contribution in [3.8, 4) is 0 Å². The summed E-state index contributed by atoms with van der Waals surface area (Å²) in [5, 5.41) is 0. The van der Waals surface area contributed by atoms with Gasteiger partial charge in [0, 0.05) is 22.5 Å². The molecule has 80 valence electrons.